The van der Waals surface area contributed by atoms with E-state index in [4.69, 9.17) is 16.7 Å². The molecule has 0 fully saturated rings. The monoisotopic (exact) mass is 278 g/mol. The van der Waals surface area contributed by atoms with E-state index in [1.54, 1.807) is 12.1 Å². The van der Waals surface area contributed by atoms with Gasteiger partial charge in [0.05, 0.1) is 22.7 Å². The van der Waals surface area contributed by atoms with Gasteiger partial charge in [-0.15, -0.1) is 0 Å². The van der Waals surface area contributed by atoms with Gasteiger partial charge in [0.15, 0.2) is 0 Å². The molecule has 19 heavy (non-hydrogen) atoms. The second kappa shape index (κ2) is 5.67. The Morgan fingerprint density at radius 2 is 2.05 bits per heavy atom. The summed E-state index contributed by atoms with van der Waals surface area (Å²) in [7, 11) is 0. The molecule has 2 rings (SSSR count). The summed E-state index contributed by atoms with van der Waals surface area (Å²) in [6.07, 6.45) is 0.0223. The molecule has 6 heteroatoms. The fraction of sp³-hybridized carbons (Fsp3) is 0.154. The Labute approximate surface area is 114 Å². The number of hydrogen-bond donors (Lipinski definition) is 2. The number of carbonyl (C=O) groups excluding carboxylic acids is 1. The lowest BCUT2D eigenvalue weighted by Crippen LogP contribution is -2.30. The van der Waals surface area contributed by atoms with E-state index in [-0.39, 0.29) is 12.3 Å². The quantitative estimate of drug-likeness (QED) is 0.891. The highest BCUT2D eigenvalue weighted by Crippen LogP contribution is 2.21. The molecule has 1 aromatic carbocycles. The summed E-state index contributed by atoms with van der Waals surface area (Å²) >= 11 is 6.03. The Morgan fingerprint density at radius 3 is 2.79 bits per heavy atom. The number of amides is 1. The molecule has 0 spiro atoms. The molecule has 1 heterocycles. The molecule has 98 valence electrons. The lowest BCUT2D eigenvalue weighted by molar-refractivity contribution is -0.137. The molecule has 0 bridgehead atoms. The summed E-state index contributed by atoms with van der Waals surface area (Å²) in [4.78, 5) is 26.1. The van der Waals surface area contributed by atoms with E-state index >= 15 is 0 Å². The SMILES string of the molecule is O=C(O)CNC(=O)Cc1ccc2cccc(Cl)c2n1. The maximum atomic E-state index is 11.5. The van der Waals surface area contributed by atoms with Crippen molar-refractivity contribution in [2.45, 2.75) is 6.42 Å². The molecule has 0 unspecified atom stereocenters. The van der Waals surface area contributed by atoms with Crippen molar-refractivity contribution in [2.24, 2.45) is 0 Å². The zero-order chi connectivity index (χ0) is 13.8. The fourth-order valence-corrected chi connectivity index (χ4v) is 1.88. The van der Waals surface area contributed by atoms with E-state index in [0.717, 1.165) is 5.39 Å². The zero-order valence-corrected chi connectivity index (χ0v) is 10.6. The van der Waals surface area contributed by atoms with Crippen LogP contribution < -0.4 is 5.32 Å². The third-order valence-electron chi connectivity index (χ3n) is 2.51. The van der Waals surface area contributed by atoms with Crippen molar-refractivity contribution < 1.29 is 14.7 Å². The summed E-state index contributed by atoms with van der Waals surface area (Å²) in [5.41, 5.74) is 1.18. The molecule has 2 aromatic rings. The van der Waals surface area contributed by atoms with E-state index in [1.807, 2.05) is 18.2 Å². The Bertz CT molecular complexity index is 643. The van der Waals surface area contributed by atoms with Gasteiger partial charge in [-0.25, -0.2) is 0 Å². The topological polar surface area (TPSA) is 79.3 Å². The van der Waals surface area contributed by atoms with Crippen LogP contribution in [0.2, 0.25) is 5.02 Å². The Morgan fingerprint density at radius 1 is 1.26 bits per heavy atom. The minimum absolute atomic E-state index is 0.0223. The van der Waals surface area contributed by atoms with Gasteiger partial charge in [0, 0.05) is 5.39 Å². The number of aliphatic carboxylic acids is 1. The van der Waals surface area contributed by atoms with Crippen LogP contribution in [0.15, 0.2) is 30.3 Å². The van der Waals surface area contributed by atoms with E-state index in [1.165, 1.54) is 0 Å². The molecule has 0 saturated carbocycles. The highest BCUT2D eigenvalue weighted by Gasteiger charge is 2.08. The number of para-hydroxylation sites is 1. The smallest absolute Gasteiger partial charge is 0.322 e. The molecule has 0 radical (unpaired) electrons. The zero-order valence-electron chi connectivity index (χ0n) is 9.89. The van der Waals surface area contributed by atoms with Gasteiger partial charge in [0.25, 0.3) is 0 Å². The van der Waals surface area contributed by atoms with Crippen LogP contribution in [0.4, 0.5) is 0 Å². The van der Waals surface area contributed by atoms with Crippen LogP contribution in [-0.4, -0.2) is 28.5 Å². The Balaban J connectivity index is 2.15. The third-order valence-corrected chi connectivity index (χ3v) is 2.81. The second-order valence-corrected chi connectivity index (χ2v) is 4.37. The first kappa shape index (κ1) is 13.3. The fourth-order valence-electron chi connectivity index (χ4n) is 1.65. The average molecular weight is 279 g/mol. The Hall–Kier alpha value is -2.14. The normalized spacial score (nSPS) is 10.4. The number of carboxylic acids is 1. The molecule has 0 aliphatic carbocycles. The van der Waals surface area contributed by atoms with Crippen LogP contribution in [0.3, 0.4) is 0 Å². The molecule has 2 N–H and O–H groups in total. The van der Waals surface area contributed by atoms with Crippen molar-refractivity contribution in [3.05, 3.63) is 41.0 Å². The van der Waals surface area contributed by atoms with Crippen molar-refractivity contribution in [3.63, 3.8) is 0 Å². The van der Waals surface area contributed by atoms with Gasteiger partial charge in [-0.1, -0.05) is 29.8 Å². The molecule has 0 atom stereocenters. The first-order chi connectivity index (χ1) is 9.06. The predicted molar refractivity (Wildman–Crippen MR) is 71.1 cm³/mol. The molecule has 0 saturated heterocycles. The predicted octanol–water partition coefficient (Wildman–Crippen LogP) is 1.63. The maximum absolute atomic E-state index is 11.5. The summed E-state index contributed by atoms with van der Waals surface area (Å²) in [5, 5.41) is 12.1. The van der Waals surface area contributed by atoms with Crippen LogP contribution >= 0.6 is 11.6 Å². The number of hydrogen-bond acceptors (Lipinski definition) is 3. The molecule has 0 aliphatic heterocycles. The summed E-state index contributed by atoms with van der Waals surface area (Å²) in [6.45, 7) is -0.396. The second-order valence-electron chi connectivity index (χ2n) is 3.96. The van der Waals surface area contributed by atoms with Gasteiger partial charge in [-0.3, -0.25) is 14.6 Å². The van der Waals surface area contributed by atoms with E-state index in [2.05, 4.69) is 10.3 Å². The number of nitrogens with one attached hydrogen (secondary N) is 1. The highest BCUT2D eigenvalue weighted by molar-refractivity contribution is 6.35. The van der Waals surface area contributed by atoms with Gasteiger partial charge in [-0.2, -0.15) is 0 Å². The first-order valence-electron chi connectivity index (χ1n) is 5.59. The van der Waals surface area contributed by atoms with Crippen LogP contribution in [0.25, 0.3) is 10.9 Å². The van der Waals surface area contributed by atoms with E-state index in [0.29, 0.717) is 16.2 Å². The summed E-state index contributed by atoms with van der Waals surface area (Å²) in [5.74, 6) is -1.47. The molecular formula is C13H11ClN2O3. The van der Waals surface area contributed by atoms with Gasteiger partial charge < -0.3 is 10.4 Å². The minimum atomic E-state index is -1.08. The van der Waals surface area contributed by atoms with Crippen LogP contribution in [-0.2, 0) is 16.0 Å². The summed E-state index contributed by atoms with van der Waals surface area (Å²) in [6, 6.07) is 8.98. The number of rotatable bonds is 4. The van der Waals surface area contributed by atoms with Crippen molar-refractivity contribution in [2.75, 3.05) is 6.54 Å². The minimum Gasteiger partial charge on any atom is -0.480 e. The van der Waals surface area contributed by atoms with E-state index in [9.17, 15) is 9.59 Å². The molecule has 1 amide bonds. The number of carbonyl (C=O) groups is 2. The average Bonchev–Trinajstić information content (AvgIpc) is 2.37. The molecule has 0 aliphatic rings. The number of carboxylic acid groups (broad SMARTS) is 1. The van der Waals surface area contributed by atoms with E-state index < -0.39 is 12.5 Å². The van der Waals surface area contributed by atoms with Gasteiger partial charge in [0.1, 0.15) is 6.54 Å². The lowest BCUT2D eigenvalue weighted by Gasteiger charge is -2.04. The Kier molecular flexibility index (Phi) is 3.97. The number of fused-ring (bicyclic) bond motifs is 1. The number of pyridine rings is 1. The van der Waals surface area contributed by atoms with Crippen LogP contribution in [0.1, 0.15) is 5.69 Å². The van der Waals surface area contributed by atoms with Gasteiger partial charge in [-0.05, 0) is 12.1 Å². The number of aromatic nitrogens is 1. The number of benzene rings is 1. The number of halogens is 1. The van der Waals surface area contributed by atoms with Crippen molar-refractivity contribution in [1.29, 1.82) is 0 Å². The van der Waals surface area contributed by atoms with Crippen molar-refractivity contribution >= 4 is 34.4 Å². The van der Waals surface area contributed by atoms with Crippen LogP contribution in [0.5, 0.6) is 0 Å². The number of nitrogens with zero attached hydrogens (tertiary/aromatic N) is 1. The van der Waals surface area contributed by atoms with Crippen molar-refractivity contribution in [3.8, 4) is 0 Å². The summed E-state index contributed by atoms with van der Waals surface area (Å²) < 4.78 is 0. The maximum Gasteiger partial charge on any atom is 0.322 e. The third kappa shape index (κ3) is 3.42. The molecular weight excluding hydrogens is 268 g/mol. The lowest BCUT2D eigenvalue weighted by atomic mass is 10.2. The first-order valence-corrected chi connectivity index (χ1v) is 5.96. The van der Waals surface area contributed by atoms with Crippen LogP contribution in [0, 0.1) is 0 Å². The molecule has 1 aromatic heterocycles. The highest BCUT2D eigenvalue weighted by atomic mass is 35.5. The standard InChI is InChI=1S/C13H11ClN2O3/c14-10-3-1-2-8-4-5-9(16-13(8)10)6-11(17)15-7-12(18)19/h1-5H,6-7H2,(H,15,17)(H,18,19). The van der Waals surface area contributed by atoms with Crippen molar-refractivity contribution in [1.82, 2.24) is 10.3 Å². The van der Waals surface area contributed by atoms with Gasteiger partial charge >= 0.3 is 5.97 Å². The molecule has 5 nitrogen and oxygen atoms in total. The van der Waals surface area contributed by atoms with Gasteiger partial charge in [0.2, 0.25) is 5.91 Å². The largest absolute Gasteiger partial charge is 0.480 e.